The third kappa shape index (κ3) is 14.6. The lowest BCUT2D eigenvalue weighted by Gasteiger charge is -2.23. The number of carbonyl (C=O) groups is 3. The van der Waals surface area contributed by atoms with Crippen LogP contribution in [0.15, 0.2) is 60.8 Å². The van der Waals surface area contributed by atoms with Gasteiger partial charge in [0.25, 0.3) is 5.91 Å². The molecule has 2 amide bonds. The Morgan fingerprint density at radius 1 is 0.760 bits per heavy atom. The number of hydrogen-bond acceptors (Lipinski definition) is 10. The monoisotopic (exact) mass is 694 g/mol. The summed E-state index contributed by atoms with van der Waals surface area (Å²) in [5.41, 5.74) is 10.2. The highest BCUT2D eigenvalue weighted by atomic mass is 16.6. The van der Waals surface area contributed by atoms with Crippen molar-refractivity contribution in [3.8, 4) is 11.3 Å². The summed E-state index contributed by atoms with van der Waals surface area (Å²) in [6.07, 6.45) is 3.06. The van der Waals surface area contributed by atoms with Crippen molar-refractivity contribution in [3.63, 3.8) is 0 Å². The lowest BCUT2D eigenvalue weighted by atomic mass is 10.0. The fraction of sp³-hybridized carbons (Fsp3) is 0.459. The van der Waals surface area contributed by atoms with Gasteiger partial charge in [-0.2, -0.15) is 0 Å². The molecular formula is C37H50N4O9. The molecule has 13 nitrogen and oxygen atoms in total. The van der Waals surface area contributed by atoms with Crippen molar-refractivity contribution in [2.75, 3.05) is 89.4 Å². The van der Waals surface area contributed by atoms with Gasteiger partial charge in [-0.1, -0.05) is 12.1 Å². The summed E-state index contributed by atoms with van der Waals surface area (Å²) in [5, 5.41) is 11.6. The summed E-state index contributed by atoms with van der Waals surface area (Å²) in [5.74, 6) is -1.68. The van der Waals surface area contributed by atoms with Crippen LogP contribution in [0, 0.1) is 0 Å². The van der Waals surface area contributed by atoms with E-state index in [0.29, 0.717) is 87.5 Å². The third-order valence-corrected chi connectivity index (χ3v) is 7.59. The molecule has 0 spiro atoms. The molecule has 2 aromatic carbocycles. The number of carboxylic acid groups (broad SMARTS) is 1. The predicted octanol–water partition coefficient (Wildman–Crippen LogP) is 4.44. The van der Waals surface area contributed by atoms with Crippen molar-refractivity contribution in [2.24, 2.45) is 5.73 Å². The zero-order valence-electron chi connectivity index (χ0n) is 29.1. The molecule has 3 aromatic rings. The first kappa shape index (κ1) is 40.0. The second kappa shape index (κ2) is 23.1. The molecule has 0 aliphatic heterocycles. The highest BCUT2D eigenvalue weighted by Crippen LogP contribution is 2.32. The maximum Gasteiger partial charge on any atom is 0.305 e. The second-order valence-corrected chi connectivity index (χ2v) is 11.2. The van der Waals surface area contributed by atoms with Crippen LogP contribution in [0.2, 0.25) is 0 Å². The number of carbonyl (C=O) groups excluding carboxylic acids is 2. The molecule has 1 heterocycles. The van der Waals surface area contributed by atoms with Gasteiger partial charge in [-0.15, -0.1) is 0 Å². The summed E-state index contributed by atoms with van der Waals surface area (Å²) in [7, 11) is 0. The van der Waals surface area contributed by atoms with Gasteiger partial charge >= 0.3 is 5.97 Å². The number of pyridine rings is 1. The minimum Gasteiger partial charge on any atom is -0.481 e. The van der Waals surface area contributed by atoms with E-state index in [2.05, 4.69) is 29.0 Å². The van der Waals surface area contributed by atoms with E-state index in [1.54, 1.807) is 18.2 Å². The molecule has 0 aliphatic rings. The van der Waals surface area contributed by atoms with Gasteiger partial charge in [0.05, 0.1) is 77.3 Å². The number of benzene rings is 2. The molecule has 0 saturated carbocycles. The molecule has 50 heavy (non-hydrogen) atoms. The number of nitrogens with one attached hydrogen (secondary N) is 1. The van der Waals surface area contributed by atoms with Crippen molar-refractivity contribution in [2.45, 2.75) is 33.1 Å². The van der Waals surface area contributed by atoms with E-state index in [0.717, 1.165) is 37.2 Å². The van der Waals surface area contributed by atoms with Crippen LogP contribution >= 0.6 is 0 Å². The van der Waals surface area contributed by atoms with Crippen molar-refractivity contribution in [1.82, 2.24) is 4.98 Å². The Balaban J connectivity index is 1.38. The Morgan fingerprint density at radius 2 is 1.38 bits per heavy atom. The molecule has 0 atom stereocenters. The van der Waals surface area contributed by atoms with Crippen LogP contribution in [-0.2, 0) is 34.9 Å². The van der Waals surface area contributed by atoms with Crippen molar-refractivity contribution in [1.29, 1.82) is 0 Å². The van der Waals surface area contributed by atoms with E-state index in [-0.39, 0.29) is 18.9 Å². The Labute approximate surface area is 294 Å². The number of amides is 2. The standard InChI is InChI=1S/C37H50N4O9/c1-3-41(4-2)31-10-11-33(32(27-31)34-26-29(36(38)44)12-14-39-34)40-37(45)30-9-5-7-28(25-30)8-6-15-46-17-19-48-21-23-50-24-22-49-20-18-47-16-13-35(42)43/h5,7,9-12,14,25-27H,3-4,6,8,13,15-24H2,1-2H3,(H2,38,44)(H,40,45)(H,42,43). The van der Waals surface area contributed by atoms with Gasteiger partial charge in [-0.05, 0) is 74.7 Å². The third-order valence-electron chi connectivity index (χ3n) is 7.59. The maximum atomic E-state index is 13.4. The maximum absolute atomic E-state index is 13.4. The summed E-state index contributed by atoms with van der Waals surface area (Å²) in [6, 6.07) is 16.5. The molecule has 0 bridgehead atoms. The number of aliphatic carboxylic acids is 1. The van der Waals surface area contributed by atoms with E-state index < -0.39 is 11.9 Å². The van der Waals surface area contributed by atoms with E-state index in [4.69, 9.17) is 34.5 Å². The number of anilines is 2. The minimum absolute atomic E-state index is 0.0145. The predicted molar refractivity (Wildman–Crippen MR) is 191 cm³/mol. The first-order valence-electron chi connectivity index (χ1n) is 17.0. The lowest BCUT2D eigenvalue weighted by Crippen LogP contribution is -2.22. The average Bonchev–Trinajstić information content (AvgIpc) is 3.12. The number of hydrogen-bond donors (Lipinski definition) is 3. The molecule has 0 fully saturated rings. The van der Waals surface area contributed by atoms with Crippen LogP contribution in [0.1, 0.15) is 53.0 Å². The first-order valence-corrected chi connectivity index (χ1v) is 17.0. The minimum atomic E-state index is -0.883. The quantitative estimate of drug-likeness (QED) is 0.102. The van der Waals surface area contributed by atoms with Crippen LogP contribution in [0.3, 0.4) is 0 Å². The topological polar surface area (TPSA) is 172 Å². The van der Waals surface area contributed by atoms with Crippen LogP contribution in [0.5, 0.6) is 0 Å². The normalized spacial score (nSPS) is 11.0. The van der Waals surface area contributed by atoms with Gasteiger partial charge in [-0.3, -0.25) is 19.4 Å². The average molecular weight is 695 g/mol. The van der Waals surface area contributed by atoms with Gasteiger partial charge < -0.3 is 44.7 Å². The summed E-state index contributed by atoms with van der Waals surface area (Å²) in [4.78, 5) is 42.3. The number of primary amides is 1. The number of rotatable bonds is 26. The van der Waals surface area contributed by atoms with Gasteiger partial charge in [0.2, 0.25) is 5.91 Å². The largest absolute Gasteiger partial charge is 0.481 e. The Hall–Kier alpha value is -4.40. The zero-order valence-corrected chi connectivity index (χ0v) is 29.1. The van der Waals surface area contributed by atoms with Crippen LogP contribution in [0.25, 0.3) is 11.3 Å². The molecule has 0 aliphatic carbocycles. The fourth-order valence-electron chi connectivity index (χ4n) is 4.95. The molecular weight excluding hydrogens is 644 g/mol. The van der Waals surface area contributed by atoms with Crippen molar-refractivity contribution >= 4 is 29.2 Å². The molecule has 4 N–H and O–H groups in total. The van der Waals surface area contributed by atoms with Gasteiger partial charge in [0.15, 0.2) is 0 Å². The second-order valence-electron chi connectivity index (χ2n) is 11.2. The van der Waals surface area contributed by atoms with E-state index in [9.17, 15) is 14.4 Å². The number of carboxylic acids is 1. The van der Waals surface area contributed by atoms with E-state index >= 15 is 0 Å². The molecule has 0 saturated heterocycles. The van der Waals surface area contributed by atoms with Gasteiger partial charge in [-0.25, -0.2) is 0 Å². The van der Waals surface area contributed by atoms with E-state index in [1.165, 1.54) is 6.20 Å². The van der Waals surface area contributed by atoms with Crippen molar-refractivity contribution in [3.05, 3.63) is 77.5 Å². The highest BCUT2D eigenvalue weighted by molar-refractivity contribution is 6.06. The van der Waals surface area contributed by atoms with Crippen LogP contribution in [0.4, 0.5) is 11.4 Å². The first-order chi connectivity index (χ1) is 24.3. The van der Waals surface area contributed by atoms with Crippen LogP contribution < -0.4 is 16.0 Å². The molecule has 0 unspecified atom stereocenters. The number of aromatic nitrogens is 1. The number of nitrogens with zero attached hydrogens (tertiary/aromatic N) is 2. The van der Waals surface area contributed by atoms with Crippen LogP contribution in [-0.4, -0.2) is 107 Å². The SMILES string of the molecule is CCN(CC)c1ccc(NC(=O)c2cccc(CCCOCCOCCOCCOCCOCCC(=O)O)c2)c(-c2cc(C(N)=O)ccn2)c1. The molecule has 272 valence electrons. The van der Waals surface area contributed by atoms with Gasteiger partial charge in [0, 0.05) is 48.3 Å². The fourth-order valence-corrected chi connectivity index (χ4v) is 4.95. The number of nitrogens with two attached hydrogens (primary N) is 1. The highest BCUT2D eigenvalue weighted by Gasteiger charge is 2.16. The lowest BCUT2D eigenvalue weighted by molar-refractivity contribution is -0.138. The van der Waals surface area contributed by atoms with E-state index in [1.807, 2.05) is 36.4 Å². The zero-order chi connectivity index (χ0) is 36.0. The summed E-state index contributed by atoms with van der Waals surface area (Å²) < 4.78 is 27.2. The Kier molecular flexibility index (Phi) is 18.5. The molecule has 3 rings (SSSR count). The molecule has 1 aromatic heterocycles. The summed E-state index contributed by atoms with van der Waals surface area (Å²) in [6.45, 7) is 9.97. The smallest absolute Gasteiger partial charge is 0.305 e. The summed E-state index contributed by atoms with van der Waals surface area (Å²) >= 11 is 0. The van der Waals surface area contributed by atoms with Gasteiger partial charge in [0.1, 0.15) is 0 Å². The molecule has 0 radical (unpaired) electrons. The number of aryl methyl sites for hydroxylation is 1. The van der Waals surface area contributed by atoms with Crippen molar-refractivity contribution < 1.29 is 43.2 Å². The Bertz CT molecular complexity index is 1480. The molecule has 13 heteroatoms. The number of ether oxygens (including phenoxy) is 5. The Morgan fingerprint density at radius 3 is 1.98 bits per heavy atom.